The molecule has 4 nitrogen and oxygen atoms in total. The first-order chi connectivity index (χ1) is 11.2. The fourth-order valence-corrected chi connectivity index (χ4v) is 2.28. The average molecular weight is 309 g/mol. The highest BCUT2D eigenvalue weighted by Gasteiger charge is 2.07. The summed E-state index contributed by atoms with van der Waals surface area (Å²) in [6.07, 6.45) is 5.35. The summed E-state index contributed by atoms with van der Waals surface area (Å²) < 4.78 is 15.4. The van der Waals surface area contributed by atoms with E-state index in [1.54, 1.807) is 30.7 Å². The lowest BCUT2D eigenvalue weighted by molar-refractivity contribution is -0.120. The lowest BCUT2D eigenvalue weighted by Crippen LogP contribution is -2.24. The number of hydrogen-bond acceptors (Lipinski definition) is 2. The van der Waals surface area contributed by atoms with Crippen molar-refractivity contribution in [1.29, 1.82) is 0 Å². The van der Waals surface area contributed by atoms with Gasteiger partial charge in [-0.15, -0.1) is 0 Å². The zero-order chi connectivity index (χ0) is 16.1. The van der Waals surface area contributed by atoms with Crippen LogP contribution in [0.2, 0.25) is 0 Å². The van der Waals surface area contributed by atoms with Gasteiger partial charge in [0.15, 0.2) is 0 Å². The van der Waals surface area contributed by atoms with E-state index in [0.29, 0.717) is 12.1 Å². The highest BCUT2D eigenvalue weighted by molar-refractivity contribution is 5.78. The standard InChI is InChI=1S/C18H16FN3O/c19-17-4-2-1-3-15(17)11-18(23)21-12-14-5-7-16(8-6-14)22-10-9-20-13-22/h1-10,13H,11-12H2,(H,21,23). The molecule has 2 aromatic carbocycles. The Morgan fingerprint density at radius 2 is 1.91 bits per heavy atom. The number of benzene rings is 2. The van der Waals surface area contributed by atoms with Crippen molar-refractivity contribution in [3.05, 3.63) is 84.2 Å². The Hall–Kier alpha value is -2.95. The van der Waals surface area contributed by atoms with Crippen LogP contribution in [-0.2, 0) is 17.8 Å². The number of nitrogens with one attached hydrogen (secondary N) is 1. The number of carbonyl (C=O) groups is 1. The Kier molecular flexibility index (Phi) is 4.47. The molecule has 23 heavy (non-hydrogen) atoms. The number of carbonyl (C=O) groups excluding carboxylic acids is 1. The normalized spacial score (nSPS) is 10.5. The number of aromatic nitrogens is 2. The van der Waals surface area contributed by atoms with E-state index in [9.17, 15) is 9.18 Å². The maximum atomic E-state index is 13.5. The van der Waals surface area contributed by atoms with Gasteiger partial charge < -0.3 is 9.88 Å². The lowest BCUT2D eigenvalue weighted by atomic mass is 10.1. The smallest absolute Gasteiger partial charge is 0.224 e. The molecule has 1 amide bonds. The third-order valence-corrected chi connectivity index (χ3v) is 3.54. The molecular weight excluding hydrogens is 293 g/mol. The molecule has 0 bridgehead atoms. The molecule has 1 N–H and O–H groups in total. The van der Waals surface area contributed by atoms with Crippen LogP contribution in [0.25, 0.3) is 5.69 Å². The Balaban J connectivity index is 1.56. The SMILES string of the molecule is O=C(Cc1ccccc1F)NCc1ccc(-n2ccnc2)cc1. The highest BCUT2D eigenvalue weighted by atomic mass is 19.1. The number of nitrogens with zero attached hydrogens (tertiary/aromatic N) is 2. The summed E-state index contributed by atoms with van der Waals surface area (Å²) in [6, 6.07) is 14.1. The fourth-order valence-electron chi connectivity index (χ4n) is 2.28. The molecule has 3 aromatic rings. The van der Waals surface area contributed by atoms with Crippen molar-refractivity contribution < 1.29 is 9.18 Å². The van der Waals surface area contributed by atoms with Crippen LogP contribution in [0.15, 0.2) is 67.3 Å². The van der Waals surface area contributed by atoms with Gasteiger partial charge in [-0.1, -0.05) is 30.3 Å². The minimum atomic E-state index is -0.354. The first-order valence-electron chi connectivity index (χ1n) is 7.30. The Bertz CT molecular complexity index is 782. The van der Waals surface area contributed by atoms with Crippen LogP contribution in [0, 0.1) is 5.82 Å². The maximum Gasteiger partial charge on any atom is 0.224 e. The third-order valence-electron chi connectivity index (χ3n) is 3.54. The van der Waals surface area contributed by atoms with Gasteiger partial charge in [0.25, 0.3) is 0 Å². The molecule has 0 spiro atoms. The molecule has 0 saturated carbocycles. The minimum Gasteiger partial charge on any atom is -0.352 e. The van der Waals surface area contributed by atoms with E-state index >= 15 is 0 Å². The van der Waals surface area contributed by atoms with Gasteiger partial charge in [0.05, 0.1) is 12.7 Å². The van der Waals surface area contributed by atoms with Crippen molar-refractivity contribution in [2.24, 2.45) is 0 Å². The first kappa shape index (κ1) is 15.0. The van der Waals surface area contributed by atoms with Gasteiger partial charge in [-0.3, -0.25) is 4.79 Å². The van der Waals surface area contributed by atoms with Gasteiger partial charge in [-0.2, -0.15) is 0 Å². The molecule has 0 aliphatic heterocycles. The quantitative estimate of drug-likeness (QED) is 0.788. The topological polar surface area (TPSA) is 46.9 Å². The minimum absolute atomic E-state index is 0.0415. The Morgan fingerprint density at radius 1 is 1.13 bits per heavy atom. The summed E-state index contributed by atoms with van der Waals surface area (Å²) in [4.78, 5) is 15.9. The van der Waals surface area contributed by atoms with Crippen molar-refractivity contribution in [3.8, 4) is 5.69 Å². The molecule has 3 rings (SSSR count). The number of hydrogen-bond donors (Lipinski definition) is 1. The molecule has 0 aliphatic rings. The summed E-state index contributed by atoms with van der Waals surface area (Å²) in [5, 5.41) is 2.80. The van der Waals surface area contributed by atoms with E-state index < -0.39 is 0 Å². The van der Waals surface area contributed by atoms with Crippen LogP contribution in [0.3, 0.4) is 0 Å². The number of rotatable bonds is 5. The highest BCUT2D eigenvalue weighted by Crippen LogP contribution is 2.10. The maximum absolute atomic E-state index is 13.5. The van der Waals surface area contributed by atoms with Crippen molar-refractivity contribution in [2.45, 2.75) is 13.0 Å². The molecule has 5 heteroatoms. The van der Waals surface area contributed by atoms with Crippen LogP contribution >= 0.6 is 0 Å². The zero-order valence-corrected chi connectivity index (χ0v) is 12.4. The van der Waals surface area contributed by atoms with Crippen molar-refractivity contribution in [2.75, 3.05) is 0 Å². The molecule has 0 unspecified atom stereocenters. The summed E-state index contributed by atoms with van der Waals surface area (Å²) in [7, 11) is 0. The molecule has 1 heterocycles. The summed E-state index contributed by atoms with van der Waals surface area (Å²) in [5.74, 6) is -0.555. The summed E-state index contributed by atoms with van der Waals surface area (Å²) in [5.41, 5.74) is 2.39. The molecule has 0 aliphatic carbocycles. The van der Waals surface area contributed by atoms with E-state index in [-0.39, 0.29) is 18.1 Å². The largest absolute Gasteiger partial charge is 0.352 e. The number of amides is 1. The molecule has 0 saturated heterocycles. The van der Waals surface area contributed by atoms with Crippen molar-refractivity contribution in [1.82, 2.24) is 14.9 Å². The molecule has 1 aromatic heterocycles. The van der Waals surface area contributed by atoms with Gasteiger partial charge in [0, 0.05) is 24.6 Å². The fraction of sp³-hybridized carbons (Fsp3) is 0.111. The molecule has 116 valence electrons. The van der Waals surface area contributed by atoms with Gasteiger partial charge in [0.2, 0.25) is 5.91 Å². The van der Waals surface area contributed by atoms with Crippen LogP contribution in [0.1, 0.15) is 11.1 Å². The number of halogens is 1. The monoisotopic (exact) mass is 309 g/mol. The summed E-state index contributed by atoms with van der Waals surface area (Å²) >= 11 is 0. The van der Waals surface area contributed by atoms with Crippen LogP contribution in [-0.4, -0.2) is 15.5 Å². The van der Waals surface area contributed by atoms with Crippen LogP contribution in [0.5, 0.6) is 0 Å². The van der Waals surface area contributed by atoms with E-state index in [1.165, 1.54) is 6.07 Å². The van der Waals surface area contributed by atoms with E-state index in [2.05, 4.69) is 10.3 Å². The molecular formula is C18H16FN3O. The predicted octanol–water partition coefficient (Wildman–Crippen LogP) is 2.87. The van der Waals surface area contributed by atoms with Crippen molar-refractivity contribution >= 4 is 5.91 Å². The van der Waals surface area contributed by atoms with Crippen LogP contribution < -0.4 is 5.32 Å². The Labute approximate surface area is 133 Å². The second-order valence-corrected chi connectivity index (χ2v) is 5.18. The Morgan fingerprint density at radius 3 is 2.61 bits per heavy atom. The molecule has 0 fully saturated rings. The van der Waals surface area contributed by atoms with Gasteiger partial charge in [0.1, 0.15) is 5.82 Å². The van der Waals surface area contributed by atoms with Crippen molar-refractivity contribution in [3.63, 3.8) is 0 Å². The van der Waals surface area contributed by atoms with E-state index in [0.717, 1.165) is 11.3 Å². The van der Waals surface area contributed by atoms with Crippen LogP contribution in [0.4, 0.5) is 4.39 Å². The van der Waals surface area contributed by atoms with Gasteiger partial charge >= 0.3 is 0 Å². The second-order valence-electron chi connectivity index (χ2n) is 5.18. The molecule has 0 radical (unpaired) electrons. The van der Waals surface area contributed by atoms with Gasteiger partial charge in [-0.25, -0.2) is 9.37 Å². The van der Waals surface area contributed by atoms with E-state index in [1.807, 2.05) is 35.0 Å². The second kappa shape index (κ2) is 6.87. The third kappa shape index (κ3) is 3.83. The number of imidazole rings is 1. The molecule has 0 atom stereocenters. The first-order valence-corrected chi connectivity index (χ1v) is 7.30. The van der Waals surface area contributed by atoms with Gasteiger partial charge in [-0.05, 0) is 29.3 Å². The van der Waals surface area contributed by atoms with E-state index in [4.69, 9.17) is 0 Å². The zero-order valence-electron chi connectivity index (χ0n) is 12.4. The predicted molar refractivity (Wildman–Crippen MR) is 85.5 cm³/mol. The summed E-state index contributed by atoms with van der Waals surface area (Å²) in [6.45, 7) is 0.414. The average Bonchev–Trinajstić information content (AvgIpc) is 3.10. The lowest BCUT2D eigenvalue weighted by Gasteiger charge is -2.07.